The van der Waals surface area contributed by atoms with Gasteiger partial charge < -0.3 is 10.6 Å². The Hall–Kier alpha value is -2.21. The van der Waals surface area contributed by atoms with Gasteiger partial charge in [0.05, 0.1) is 11.1 Å². The summed E-state index contributed by atoms with van der Waals surface area (Å²) in [4.78, 5) is 34.7. The average molecular weight is 261 g/mol. The summed E-state index contributed by atoms with van der Waals surface area (Å²) in [6, 6.07) is 4.66. The van der Waals surface area contributed by atoms with Crippen LogP contribution in [-0.2, 0) is 4.79 Å². The van der Waals surface area contributed by atoms with Gasteiger partial charge in [0.2, 0.25) is 5.91 Å². The van der Waals surface area contributed by atoms with Gasteiger partial charge in [-0.05, 0) is 25.2 Å². The first-order valence-electron chi connectivity index (χ1n) is 5.98. The molecule has 0 spiro atoms. The van der Waals surface area contributed by atoms with Crippen LogP contribution in [0.3, 0.4) is 0 Å². The van der Waals surface area contributed by atoms with Gasteiger partial charge in [0.1, 0.15) is 0 Å². The minimum Gasteiger partial charge on any atom is -0.326 e. The maximum absolute atomic E-state index is 11.8. The van der Waals surface area contributed by atoms with Crippen LogP contribution in [0.5, 0.6) is 0 Å². The number of hydrogen-bond donors (Lipinski definition) is 3. The number of hydrogen-bond acceptors (Lipinski definition) is 4. The molecule has 1 aromatic rings. The molecule has 3 N–H and O–H groups in total. The number of amides is 3. The van der Waals surface area contributed by atoms with Gasteiger partial charge in [-0.2, -0.15) is 0 Å². The second kappa shape index (κ2) is 5.19. The van der Waals surface area contributed by atoms with E-state index in [1.807, 2.05) is 0 Å². The highest BCUT2D eigenvalue weighted by molar-refractivity contribution is 6.22. The van der Waals surface area contributed by atoms with Crippen molar-refractivity contribution < 1.29 is 14.4 Å². The van der Waals surface area contributed by atoms with E-state index in [4.69, 9.17) is 0 Å². The Morgan fingerprint density at radius 3 is 2.63 bits per heavy atom. The fourth-order valence-electron chi connectivity index (χ4n) is 1.91. The van der Waals surface area contributed by atoms with Crippen LogP contribution in [0.2, 0.25) is 0 Å². The Labute approximate surface area is 110 Å². The third-order valence-electron chi connectivity index (χ3n) is 2.96. The molecule has 1 heterocycles. The fraction of sp³-hybridized carbons (Fsp3) is 0.308. The number of rotatable bonds is 4. The Bertz CT molecular complexity index is 554. The highest BCUT2D eigenvalue weighted by Gasteiger charge is 2.26. The number of carbonyl (C=O) groups excluding carboxylic acids is 3. The number of carbonyl (C=O) groups is 3. The number of nitrogens with one attached hydrogen (secondary N) is 3. The summed E-state index contributed by atoms with van der Waals surface area (Å²) >= 11 is 0. The van der Waals surface area contributed by atoms with Crippen LogP contribution in [0.4, 0.5) is 5.69 Å². The maximum Gasteiger partial charge on any atom is 0.259 e. The number of imide groups is 1. The minimum atomic E-state index is -0.431. The van der Waals surface area contributed by atoms with E-state index in [9.17, 15) is 14.4 Å². The molecule has 6 nitrogen and oxygen atoms in total. The molecule has 0 aliphatic carbocycles. The van der Waals surface area contributed by atoms with E-state index in [-0.39, 0.29) is 11.8 Å². The van der Waals surface area contributed by atoms with E-state index in [2.05, 4.69) is 16.0 Å². The van der Waals surface area contributed by atoms with Crippen LogP contribution < -0.4 is 16.0 Å². The van der Waals surface area contributed by atoms with Crippen LogP contribution in [0, 0.1) is 5.92 Å². The highest BCUT2D eigenvalue weighted by Crippen LogP contribution is 2.20. The molecule has 0 bridgehead atoms. The maximum atomic E-state index is 11.8. The summed E-state index contributed by atoms with van der Waals surface area (Å²) in [7, 11) is 1.77. The Balaban J connectivity index is 2.15. The van der Waals surface area contributed by atoms with E-state index in [0.29, 0.717) is 23.4 Å². The molecule has 0 saturated heterocycles. The number of fused-ring (bicyclic) bond motifs is 1. The molecule has 3 amide bonds. The Morgan fingerprint density at radius 2 is 1.95 bits per heavy atom. The van der Waals surface area contributed by atoms with Crippen molar-refractivity contribution >= 4 is 23.4 Å². The first kappa shape index (κ1) is 13.2. The van der Waals surface area contributed by atoms with Crippen molar-refractivity contribution in [3.05, 3.63) is 29.3 Å². The lowest BCUT2D eigenvalue weighted by molar-refractivity contribution is -0.119. The number of benzene rings is 1. The highest BCUT2D eigenvalue weighted by atomic mass is 16.2. The summed E-state index contributed by atoms with van der Waals surface area (Å²) in [5.41, 5.74) is 1.15. The molecule has 1 aromatic carbocycles. The molecule has 1 aliphatic heterocycles. The van der Waals surface area contributed by atoms with Crippen molar-refractivity contribution in [2.75, 3.05) is 18.9 Å². The van der Waals surface area contributed by atoms with E-state index < -0.39 is 11.8 Å². The van der Waals surface area contributed by atoms with Crippen molar-refractivity contribution in [1.82, 2.24) is 10.6 Å². The quantitative estimate of drug-likeness (QED) is 0.683. The first-order chi connectivity index (χ1) is 9.02. The predicted octanol–water partition coefficient (Wildman–Crippen LogP) is 0.364. The predicted molar refractivity (Wildman–Crippen MR) is 70.0 cm³/mol. The van der Waals surface area contributed by atoms with E-state index in [0.717, 1.165) is 0 Å². The van der Waals surface area contributed by atoms with Gasteiger partial charge in [0.15, 0.2) is 0 Å². The van der Waals surface area contributed by atoms with Crippen molar-refractivity contribution in [1.29, 1.82) is 0 Å². The zero-order valence-electron chi connectivity index (χ0n) is 10.7. The van der Waals surface area contributed by atoms with Gasteiger partial charge >= 0.3 is 0 Å². The monoisotopic (exact) mass is 261 g/mol. The zero-order valence-corrected chi connectivity index (χ0v) is 10.7. The van der Waals surface area contributed by atoms with Crippen LogP contribution in [0.1, 0.15) is 27.6 Å². The summed E-state index contributed by atoms with van der Waals surface area (Å²) in [5, 5.41) is 7.85. The van der Waals surface area contributed by atoms with Crippen LogP contribution >= 0.6 is 0 Å². The molecule has 0 radical (unpaired) electrons. The minimum absolute atomic E-state index is 0.140. The summed E-state index contributed by atoms with van der Waals surface area (Å²) < 4.78 is 0. The Kier molecular flexibility index (Phi) is 3.62. The topological polar surface area (TPSA) is 87.3 Å². The van der Waals surface area contributed by atoms with Crippen molar-refractivity contribution in [3.63, 3.8) is 0 Å². The normalized spacial score (nSPS) is 14.8. The fourth-order valence-corrected chi connectivity index (χ4v) is 1.91. The lowest BCUT2D eigenvalue weighted by Gasteiger charge is -2.11. The number of anilines is 1. The molecule has 1 atom stereocenters. The zero-order chi connectivity index (χ0) is 14.0. The third kappa shape index (κ3) is 2.63. The molecule has 0 saturated carbocycles. The second-order valence-electron chi connectivity index (χ2n) is 4.49. The van der Waals surface area contributed by atoms with Gasteiger partial charge in [-0.1, -0.05) is 6.92 Å². The van der Waals surface area contributed by atoms with Gasteiger partial charge in [-0.15, -0.1) is 0 Å². The van der Waals surface area contributed by atoms with Gasteiger partial charge in [0, 0.05) is 18.2 Å². The smallest absolute Gasteiger partial charge is 0.259 e. The standard InChI is InChI=1S/C13H15N3O3/c1-7(6-14-2)11(17)15-8-3-4-9-10(5-8)13(19)16-12(9)18/h3-5,7,14H,6H2,1-2H3,(H,15,17)(H,16,18,19). The SMILES string of the molecule is CNCC(C)C(=O)Nc1ccc2c(c1)C(=O)NC2=O. The summed E-state index contributed by atoms with van der Waals surface area (Å²) in [6.45, 7) is 2.37. The van der Waals surface area contributed by atoms with Crippen molar-refractivity contribution in [2.24, 2.45) is 5.92 Å². The molecule has 1 aliphatic rings. The van der Waals surface area contributed by atoms with Gasteiger partial charge in [-0.3, -0.25) is 19.7 Å². The average Bonchev–Trinajstić information content (AvgIpc) is 2.65. The van der Waals surface area contributed by atoms with Gasteiger partial charge in [-0.25, -0.2) is 0 Å². The molecule has 1 unspecified atom stereocenters. The second-order valence-corrected chi connectivity index (χ2v) is 4.49. The molecule has 19 heavy (non-hydrogen) atoms. The van der Waals surface area contributed by atoms with Crippen LogP contribution in [0.25, 0.3) is 0 Å². The van der Waals surface area contributed by atoms with Crippen molar-refractivity contribution in [3.8, 4) is 0 Å². The largest absolute Gasteiger partial charge is 0.326 e. The lowest BCUT2D eigenvalue weighted by Crippen LogP contribution is -2.28. The molecule has 6 heteroatoms. The molecular formula is C13H15N3O3. The van der Waals surface area contributed by atoms with E-state index in [1.165, 1.54) is 12.1 Å². The van der Waals surface area contributed by atoms with Crippen molar-refractivity contribution in [2.45, 2.75) is 6.92 Å². The summed E-state index contributed by atoms with van der Waals surface area (Å²) in [6.07, 6.45) is 0. The lowest BCUT2D eigenvalue weighted by atomic mass is 10.1. The molecular weight excluding hydrogens is 246 g/mol. The van der Waals surface area contributed by atoms with Crippen LogP contribution in [-0.4, -0.2) is 31.3 Å². The Morgan fingerprint density at radius 1 is 1.26 bits per heavy atom. The van der Waals surface area contributed by atoms with Gasteiger partial charge in [0.25, 0.3) is 11.8 Å². The van der Waals surface area contributed by atoms with Crippen LogP contribution in [0.15, 0.2) is 18.2 Å². The molecule has 100 valence electrons. The third-order valence-corrected chi connectivity index (χ3v) is 2.96. The molecule has 2 rings (SSSR count). The van der Waals surface area contributed by atoms with E-state index in [1.54, 1.807) is 20.0 Å². The molecule has 0 aromatic heterocycles. The first-order valence-corrected chi connectivity index (χ1v) is 5.98. The summed E-state index contributed by atoms with van der Waals surface area (Å²) in [5.74, 6) is -1.16. The van der Waals surface area contributed by atoms with E-state index >= 15 is 0 Å². The molecule has 0 fully saturated rings.